The standard InChI is InChI=1S/C58H84O22/c1-53(2)20-21-58(52(71)80-51-47(39(63)30(60)26-74-51)78-38(62)15-11-27-10-13-31(32(22-27)72-8)75-49-44(68)41(65)40(64)33(25-59)76-49)29(23-53)28-12-14-35-55(5)18-17-37(77-50-45(69)42(66)43(67)46(79-50)48(70)73-9)54(3,4)34(55)16-19-56(35,6)57(28,7)24-36(58)61/h10-13,15,22,29-30,33-37,39-47,49-51,59-61,63-69H,14,16-21,23-26H2,1-9H3. The highest BCUT2D eigenvalue weighted by atomic mass is 16.7. The Bertz CT molecular complexity index is 2520. The van der Waals surface area contributed by atoms with Gasteiger partial charge >= 0.3 is 17.9 Å². The number of allylic oxidation sites excluding steroid dienone is 2. The van der Waals surface area contributed by atoms with Gasteiger partial charge in [0.05, 0.1) is 39.6 Å². The molecule has 0 aromatic heterocycles. The van der Waals surface area contributed by atoms with E-state index < -0.39 is 152 Å². The van der Waals surface area contributed by atoms with Crippen molar-refractivity contribution in [1.82, 2.24) is 0 Å². The average Bonchev–Trinajstić information content (AvgIpc) is 3.61. The Hall–Kier alpha value is -3.85. The van der Waals surface area contributed by atoms with Crippen molar-refractivity contribution in [2.24, 2.45) is 50.2 Å². The van der Waals surface area contributed by atoms with Crippen LogP contribution < -0.4 is 9.47 Å². The Morgan fingerprint density at radius 1 is 0.725 bits per heavy atom. The maximum Gasteiger partial charge on any atom is 0.337 e. The van der Waals surface area contributed by atoms with E-state index in [0.29, 0.717) is 31.2 Å². The number of carbonyl (C=O) groups is 3. The molecule has 3 heterocycles. The van der Waals surface area contributed by atoms with Crippen LogP contribution in [0.3, 0.4) is 0 Å². The molecule has 9 rings (SSSR count). The number of ether oxygens (including phenoxy) is 9. The minimum Gasteiger partial charge on any atom is -0.493 e. The van der Waals surface area contributed by atoms with Gasteiger partial charge in [0.1, 0.15) is 60.4 Å². The number of hydrogen-bond donors (Lipinski definition) is 10. The fourth-order valence-electron chi connectivity index (χ4n) is 16.1. The molecular weight excluding hydrogens is 1050 g/mol. The van der Waals surface area contributed by atoms with Gasteiger partial charge in [-0.05, 0) is 126 Å². The molecule has 0 amide bonds. The molecule has 448 valence electrons. The second-order valence-electron chi connectivity index (χ2n) is 26.0. The Labute approximate surface area is 465 Å². The fraction of sp³-hybridized carbons (Fsp3) is 0.776. The van der Waals surface area contributed by atoms with Gasteiger partial charge < -0.3 is 93.7 Å². The molecule has 22 heteroatoms. The lowest BCUT2D eigenvalue weighted by Crippen LogP contribution is -2.68. The van der Waals surface area contributed by atoms with E-state index >= 15 is 4.79 Å². The van der Waals surface area contributed by atoms with Crippen LogP contribution in [-0.4, -0.2) is 195 Å². The summed E-state index contributed by atoms with van der Waals surface area (Å²) in [6.45, 7) is 14.4. The SMILES string of the molecule is COC(=O)C1OC(OC2CCC3(C)C(CCC4(C)C3CC=C3C5CC(C)(C)CCC5(C(=O)OC5OCC(O)C(O)C5OC(=O)C=Cc5ccc(OC6OC(CO)C(O)C(O)C6O)c(OC)c5)C(O)CC34C)C2(C)C)C(O)C(O)C1O. The van der Waals surface area contributed by atoms with Crippen LogP contribution in [0.1, 0.15) is 112 Å². The molecule has 10 N–H and O–H groups in total. The summed E-state index contributed by atoms with van der Waals surface area (Å²) in [5.74, 6) is -2.69. The predicted molar refractivity (Wildman–Crippen MR) is 278 cm³/mol. The van der Waals surface area contributed by atoms with Crippen LogP contribution in [0.5, 0.6) is 11.5 Å². The van der Waals surface area contributed by atoms with E-state index in [1.54, 1.807) is 0 Å². The van der Waals surface area contributed by atoms with Crippen molar-refractivity contribution in [2.45, 2.75) is 204 Å². The molecule has 0 bridgehead atoms. The topological polar surface area (TPSA) is 337 Å². The number of hydrogen-bond acceptors (Lipinski definition) is 22. The van der Waals surface area contributed by atoms with Gasteiger partial charge in [-0.15, -0.1) is 0 Å². The number of carbonyl (C=O) groups excluding carboxylic acids is 3. The summed E-state index contributed by atoms with van der Waals surface area (Å²) in [6.07, 6.45) is -13.8. The molecule has 4 saturated carbocycles. The van der Waals surface area contributed by atoms with Crippen molar-refractivity contribution in [3.05, 3.63) is 41.5 Å². The first-order valence-electron chi connectivity index (χ1n) is 28.1. The van der Waals surface area contributed by atoms with Crippen LogP contribution in [0.2, 0.25) is 0 Å². The quantitative estimate of drug-likeness (QED) is 0.0467. The zero-order valence-corrected chi connectivity index (χ0v) is 47.1. The van der Waals surface area contributed by atoms with Crippen molar-refractivity contribution in [3.8, 4) is 11.5 Å². The normalized spacial score (nSPS) is 45.8. The summed E-state index contributed by atoms with van der Waals surface area (Å²) in [5.41, 5.74) is -1.83. The summed E-state index contributed by atoms with van der Waals surface area (Å²) < 4.78 is 51.5. The third kappa shape index (κ3) is 10.1. The Morgan fingerprint density at radius 3 is 2.11 bits per heavy atom. The molecule has 23 atom stereocenters. The van der Waals surface area contributed by atoms with Crippen LogP contribution >= 0.6 is 0 Å². The zero-order chi connectivity index (χ0) is 58.4. The van der Waals surface area contributed by atoms with Gasteiger partial charge in [-0.25, -0.2) is 9.59 Å². The summed E-state index contributed by atoms with van der Waals surface area (Å²) in [7, 11) is 2.48. The first-order chi connectivity index (χ1) is 37.5. The molecule has 80 heavy (non-hydrogen) atoms. The predicted octanol–water partition coefficient (Wildman–Crippen LogP) is 1.56. The molecule has 3 aliphatic heterocycles. The maximum atomic E-state index is 15.3. The van der Waals surface area contributed by atoms with Gasteiger partial charge in [0.15, 0.2) is 30.0 Å². The number of aliphatic hydroxyl groups excluding tert-OH is 10. The number of methoxy groups -OCH3 is 2. The lowest BCUT2D eigenvalue weighted by atomic mass is 9.33. The van der Waals surface area contributed by atoms with Gasteiger partial charge in [0.2, 0.25) is 12.6 Å². The number of esters is 3. The second kappa shape index (κ2) is 22.3. The number of fused-ring (bicyclic) bond motifs is 7. The van der Waals surface area contributed by atoms with E-state index in [1.165, 1.54) is 31.4 Å². The number of rotatable bonds is 12. The molecular formula is C58H84O22. The third-order valence-electron chi connectivity index (χ3n) is 20.9. The average molecular weight is 1130 g/mol. The first kappa shape index (κ1) is 60.7. The van der Waals surface area contributed by atoms with Gasteiger partial charge in [-0.2, -0.15) is 0 Å². The highest BCUT2D eigenvalue weighted by Crippen LogP contribution is 2.76. The molecule has 1 aromatic rings. The van der Waals surface area contributed by atoms with Crippen LogP contribution in [0.25, 0.3) is 6.08 Å². The van der Waals surface area contributed by atoms with E-state index in [4.69, 9.17) is 42.6 Å². The molecule has 8 aliphatic rings. The maximum absolute atomic E-state index is 15.3. The van der Waals surface area contributed by atoms with Crippen molar-refractivity contribution in [3.63, 3.8) is 0 Å². The summed E-state index contributed by atoms with van der Waals surface area (Å²) in [6, 6.07) is 4.43. The molecule has 1 aromatic carbocycles. The third-order valence-corrected chi connectivity index (χ3v) is 20.9. The molecule has 7 fully saturated rings. The molecule has 0 spiro atoms. The molecule has 5 aliphatic carbocycles. The minimum absolute atomic E-state index is 0.0541. The monoisotopic (exact) mass is 1130 g/mol. The van der Waals surface area contributed by atoms with Gasteiger partial charge in [0, 0.05) is 6.08 Å². The first-order valence-corrected chi connectivity index (χ1v) is 28.1. The second-order valence-corrected chi connectivity index (χ2v) is 26.0. The number of benzene rings is 1. The van der Waals surface area contributed by atoms with Gasteiger partial charge in [-0.3, -0.25) is 4.79 Å². The van der Waals surface area contributed by atoms with E-state index in [0.717, 1.165) is 38.0 Å². The van der Waals surface area contributed by atoms with E-state index in [1.807, 2.05) is 0 Å². The molecule has 3 saturated heterocycles. The van der Waals surface area contributed by atoms with Crippen LogP contribution in [0.4, 0.5) is 0 Å². The van der Waals surface area contributed by atoms with Crippen LogP contribution in [-0.2, 0) is 47.5 Å². The smallest absolute Gasteiger partial charge is 0.337 e. The Balaban J connectivity index is 0.921. The summed E-state index contributed by atoms with van der Waals surface area (Å²) in [4.78, 5) is 41.3. The van der Waals surface area contributed by atoms with Crippen molar-refractivity contribution in [2.75, 3.05) is 27.4 Å². The van der Waals surface area contributed by atoms with E-state index in [9.17, 15) is 60.7 Å². The van der Waals surface area contributed by atoms with E-state index in [-0.39, 0.29) is 52.4 Å². The van der Waals surface area contributed by atoms with Crippen molar-refractivity contribution >= 4 is 24.0 Å². The van der Waals surface area contributed by atoms with Gasteiger partial charge in [-0.1, -0.05) is 66.2 Å². The summed E-state index contributed by atoms with van der Waals surface area (Å²) >= 11 is 0. The van der Waals surface area contributed by atoms with Gasteiger partial charge in [0.25, 0.3) is 0 Å². The minimum atomic E-state index is -1.73. The lowest BCUT2D eigenvalue weighted by molar-refractivity contribution is -0.324. The zero-order valence-electron chi connectivity index (χ0n) is 47.1. The van der Waals surface area contributed by atoms with Crippen molar-refractivity contribution in [1.29, 1.82) is 0 Å². The molecule has 22 nitrogen and oxygen atoms in total. The number of aliphatic hydroxyl groups is 10. The van der Waals surface area contributed by atoms with E-state index in [2.05, 4.69) is 54.5 Å². The van der Waals surface area contributed by atoms with Crippen LogP contribution in [0.15, 0.2) is 35.9 Å². The molecule has 23 unspecified atom stereocenters. The summed E-state index contributed by atoms with van der Waals surface area (Å²) in [5, 5.41) is 108. The highest BCUT2D eigenvalue weighted by Gasteiger charge is 2.72. The largest absolute Gasteiger partial charge is 0.493 e. The lowest BCUT2D eigenvalue weighted by Gasteiger charge is -2.71. The highest BCUT2D eigenvalue weighted by molar-refractivity contribution is 5.87. The van der Waals surface area contributed by atoms with Crippen LogP contribution in [0, 0.1) is 50.2 Å². The molecule has 0 radical (unpaired) electrons. The fourth-order valence-corrected chi connectivity index (χ4v) is 16.1. The van der Waals surface area contributed by atoms with Crippen molar-refractivity contribution < 1.29 is 108 Å². The Kier molecular flexibility index (Phi) is 16.9. The Morgan fingerprint density at radius 2 is 1.43 bits per heavy atom.